The quantitative estimate of drug-likeness (QED) is 0.301. The predicted molar refractivity (Wildman–Crippen MR) is 48.9 cm³/mol. The Morgan fingerprint density at radius 1 is 1.62 bits per heavy atom. The molecule has 2 N–H and O–H groups in total. The second-order valence-electron chi connectivity index (χ2n) is 3.00. The number of aliphatic imine (C=N–C) groups is 1. The molecular weight excluding hydrogens is 168 g/mol. The number of piperidine rings is 1. The minimum absolute atomic E-state index is 0.198. The SMILES string of the molecule is CNC(=NC#N)N1CCC(O)CC1. The maximum absolute atomic E-state index is 9.26. The zero-order valence-corrected chi connectivity index (χ0v) is 7.69. The molecule has 0 aromatic rings. The molecule has 0 aromatic heterocycles. The molecule has 0 aromatic carbocycles. The second kappa shape index (κ2) is 4.67. The normalized spacial score (nSPS) is 19.8. The average Bonchev–Trinajstić information content (AvgIpc) is 2.16. The first-order valence-corrected chi connectivity index (χ1v) is 4.35. The molecule has 1 fully saturated rings. The zero-order chi connectivity index (χ0) is 9.68. The van der Waals surface area contributed by atoms with Gasteiger partial charge in [-0.1, -0.05) is 0 Å². The third-order valence-corrected chi connectivity index (χ3v) is 2.14. The van der Waals surface area contributed by atoms with Crippen LogP contribution >= 0.6 is 0 Å². The average molecular weight is 182 g/mol. The molecule has 0 atom stereocenters. The topological polar surface area (TPSA) is 71.7 Å². The van der Waals surface area contributed by atoms with Gasteiger partial charge in [-0.3, -0.25) is 0 Å². The lowest BCUT2D eigenvalue weighted by Gasteiger charge is -2.31. The molecule has 1 aliphatic heterocycles. The lowest BCUT2D eigenvalue weighted by molar-refractivity contribution is 0.108. The van der Waals surface area contributed by atoms with E-state index >= 15 is 0 Å². The number of likely N-dealkylation sites (tertiary alicyclic amines) is 1. The minimum atomic E-state index is -0.198. The Labute approximate surface area is 77.7 Å². The molecule has 1 rings (SSSR count). The molecule has 72 valence electrons. The van der Waals surface area contributed by atoms with E-state index in [1.54, 1.807) is 13.2 Å². The summed E-state index contributed by atoms with van der Waals surface area (Å²) < 4.78 is 0. The highest BCUT2D eigenvalue weighted by atomic mass is 16.3. The van der Waals surface area contributed by atoms with Gasteiger partial charge in [0.1, 0.15) is 0 Å². The zero-order valence-electron chi connectivity index (χ0n) is 7.69. The van der Waals surface area contributed by atoms with Crippen molar-refractivity contribution in [1.82, 2.24) is 10.2 Å². The number of guanidine groups is 1. The van der Waals surface area contributed by atoms with E-state index in [0.717, 1.165) is 25.9 Å². The molecule has 0 aliphatic carbocycles. The fourth-order valence-corrected chi connectivity index (χ4v) is 1.41. The third kappa shape index (κ3) is 2.60. The van der Waals surface area contributed by atoms with Gasteiger partial charge in [0, 0.05) is 20.1 Å². The summed E-state index contributed by atoms with van der Waals surface area (Å²) in [5, 5.41) is 20.5. The first-order chi connectivity index (χ1) is 6.27. The molecule has 0 radical (unpaired) electrons. The van der Waals surface area contributed by atoms with Gasteiger partial charge < -0.3 is 15.3 Å². The lowest BCUT2D eigenvalue weighted by atomic mass is 10.1. The van der Waals surface area contributed by atoms with Crippen molar-refractivity contribution in [2.75, 3.05) is 20.1 Å². The van der Waals surface area contributed by atoms with Crippen molar-refractivity contribution in [2.24, 2.45) is 4.99 Å². The van der Waals surface area contributed by atoms with Crippen molar-refractivity contribution in [3.05, 3.63) is 0 Å². The van der Waals surface area contributed by atoms with Gasteiger partial charge in [0.15, 0.2) is 0 Å². The molecule has 5 heteroatoms. The van der Waals surface area contributed by atoms with Crippen molar-refractivity contribution in [2.45, 2.75) is 18.9 Å². The van der Waals surface area contributed by atoms with E-state index in [4.69, 9.17) is 5.26 Å². The summed E-state index contributed by atoms with van der Waals surface area (Å²) in [5.41, 5.74) is 0. The fourth-order valence-electron chi connectivity index (χ4n) is 1.41. The number of aliphatic hydroxyl groups is 1. The highest BCUT2D eigenvalue weighted by Gasteiger charge is 2.18. The Morgan fingerprint density at radius 2 is 2.23 bits per heavy atom. The van der Waals surface area contributed by atoms with E-state index in [1.807, 2.05) is 4.90 Å². The number of nitrogens with one attached hydrogen (secondary N) is 1. The van der Waals surface area contributed by atoms with Crippen molar-refractivity contribution in [3.8, 4) is 6.19 Å². The first kappa shape index (κ1) is 9.81. The van der Waals surface area contributed by atoms with Crippen LogP contribution < -0.4 is 5.32 Å². The first-order valence-electron chi connectivity index (χ1n) is 4.35. The molecule has 1 aliphatic rings. The third-order valence-electron chi connectivity index (χ3n) is 2.14. The molecular formula is C8H14N4O. The molecule has 1 saturated heterocycles. The summed E-state index contributed by atoms with van der Waals surface area (Å²) in [6.45, 7) is 1.50. The largest absolute Gasteiger partial charge is 0.393 e. The summed E-state index contributed by atoms with van der Waals surface area (Å²) in [5.74, 6) is 0.592. The summed E-state index contributed by atoms with van der Waals surface area (Å²) in [6.07, 6.45) is 3.04. The van der Waals surface area contributed by atoms with Crippen LogP contribution in [-0.2, 0) is 0 Å². The monoisotopic (exact) mass is 182 g/mol. The number of rotatable bonds is 0. The van der Waals surface area contributed by atoms with Crippen LogP contribution in [-0.4, -0.2) is 42.2 Å². The van der Waals surface area contributed by atoms with Gasteiger partial charge in [0.2, 0.25) is 12.2 Å². The second-order valence-corrected chi connectivity index (χ2v) is 3.00. The molecule has 0 bridgehead atoms. The number of nitrogens with zero attached hydrogens (tertiary/aromatic N) is 3. The van der Waals surface area contributed by atoms with Gasteiger partial charge in [-0.2, -0.15) is 5.26 Å². The smallest absolute Gasteiger partial charge is 0.209 e. The van der Waals surface area contributed by atoms with Crippen molar-refractivity contribution in [3.63, 3.8) is 0 Å². The molecule has 0 unspecified atom stereocenters. The van der Waals surface area contributed by atoms with Crippen LogP contribution in [0.25, 0.3) is 0 Å². The van der Waals surface area contributed by atoms with Gasteiger partial charge in [-0.15, -0.1) is 4.99 Å². The maximum atomic E-state index is 9.26. The van der Waals surface area contributed by atoms with Crippen molar-refractivity contribution >= 4 is 5.96 Å². The van der Waals surface area contributed by atoms with Gasteiger partial charge in [0.05, 0.1) is 6.10 Å². The van der Waals surface area contributed by atoms with E-state index in [0.29, 0.717) is 5.96 Å². The lowest BCUT2D eigenvalue weighted by Crippen LogP contribution is -2.45. The summed E-state index contributed by atoms with van der Waals surface area (Å²) in [7, 11) is 1.74. The van der Waals surface area contributed by atoms with Crippen LogP contribution in [0.15, 0.2) is 4.99 Å². The number of hydrogen-bond acceptors (Lipinski definition) is 3. The van der Waals surface area contributed by atoms with E-state index in [2.05, 4.69) is 10.3 Å². The molecule has 1 heterocycles. The highest BCUT2D eigenvalue weighted by Crippen LogP contribution is 2.09. The molecule has 0 spiro atoms. The Hall–Kier alpha value is -1.28. The molecule has 13 heavy (non-hydrogen) atoms. The number of aliphatic hydroxyl groups excluding tert-OH is 1. The van der Waals surface area contributed by atoms with Gasteiger partial charge in [0.25, 0.3) is 0 Å². The Kier molecular flexibility index (Phi) is 3.53. The van der Waals surface area contributed by atoms with Crippen LogP contribution in [0.3, 0.4) is 0 Å². The van der Waals surface area contributed by atoms with Crippen LogP contribution in [0.1, 0.15) is 12.8 Å². The van der Waals surface area contributed by atoms with Crippen LogP contribution in [0.4, 0.5) is 0 Å². The fraction of sp³-hybridized carbons (Fsp3) is 0.750. The van der Waals surface area contributed by atoms with Gasteiger partial charge >= 0.3 is 0 Å². The Morgan fingerprint density at radius 3 is 2.69 bits per heavy atom. The van der Waals surface area contributed by atoms with Crippen molar-refractivity contribution in [1.29, 1.82) is 5.26 Å². The summed E-state index contributed by atoms with van der Waals surface area (Å²) in [6, 6.07) is 0. The van der Waals surface area contributed by atoms with E-state index < -0.39 is 0 Å². The predicted octanol–water partition coefficient (Wildman–Crippen LogP) is -0.500. The number of hydrogen-bond donors (Lipinski definition) is 2. The van der Waals surface area contributed by atoms with Crippen LogP contribution in [0.2, 0.25) is 0 Å². The van der Waals surface area contributed by atoms with E-state index in [1.165, 1.54) is 0 Å². The van der Waals surface area contributed by atoms with E-state index in [-0.39, 0.29) is 6.10 Å². The van der Waals surface area contributed by atoms with Crippen LogP contribution in [0.5, 0.6) is 0 Å². The Bertz CT molecular complexity index is 225. The molecule has 0 saturated carbocycles. The van der Waals surface area contributed by atoms with Gasteiger partial charge in [-0.05, 0) is 12.8 Å². The Balaban J connectivity index is 2.52. The molecule has 0 amide bonds. The van der Waals surface area contributed by atoms with Crippen molar-refractivity contribution < 1.29 is 5.11 Å². The molecule has 5 nitrogen and oxygen atoms in total. The number of nitriles is 1. The van der Waals surface area contributed by atoms with Gasteiger partial charge in [-0.25, -0.2) is 0 Å². The maximum Gasteiger partial charge on any atom is 0.209 e. The standard InChI is InChI=1S/C8H14N4O/c1-10-8(11-6-9)12-4-2-7(13)3-5-12/h7,13H,2-5H2,1H3,(H,10,11). The van der Waals surface area contributed by atoms with E-state index in [9.17, 15) is 5.11 Å². The minimum Gasteiger partial charge on any atom is -0.393 e. The highest BCUT2D eigenvalue weighted by molar-refractivity contribution is 5.80. The summed E-state index contributed by atoms with van der Waals surface area (Å²) >= 11 is 0. The summed E-state index contributed by atoms with van der Waals surface area (Å²) in [4.78, 5) is 5.61. The van der Waals surface area contributed by atoms with Crippen LogP contribution in [0, 0.1) is 11.5 Å².